The fourth-order valence-corrected chi connectivity index (χ4v) is 5.69. The Morgan fingerprint density at radius 3 is 2.42 bits per heavy atom. The smallest absolute Gasteiger partial charge is 0.255 e. The van der Waals surface area contributed by atoms with Gasteiger partial charge < -0.3 is 20.1 Å². The number of nitrogens with one attached hydrogen (secondary N) is 2. The maximum atomic E-state index is 12.4. The lowest BCUT2D eigenvalue weighted by molar-refractivity contribution is -0.136. The Bertz CT molecular complexity index is 971. The van der Waals surface area contributed by atoms with Crippen molar-refractivity contribution < 1.29 is 24.2 Å². The Morgan fingerprint density at radius 1 is 1.11 bits per heavy atom. The van der Waals surface area contributed by atoms with Crippen molar-refractivity contribution in [3.8, 4) is 11.5 Å². The summed E-state index contributed by atoms with van der Waals surface area (Å²) in [5.41, 5.74) is 0.974. The molecule has 1 saturated carbocycles. The minimum atomic E-state index is -0.672. The molecule has 0 spiro atoms. The number of amides is 3. The summed E-state index contributed by atoms with van der Waals surface area (Å²) in [5.74, 6) is 0.0723. The van der Waals surface area contributed by atoms with Crippen LogP contribution in [0.15, 0.2) is 12.1 Å². The first-order chi connectivity index (χ1) is 17.3. The van der Waals surface area contributed by atoms with E-state index < -0.39 is 11.9 Å². The second kappa shape index (κ2) is 11.6. The highest BCUT2D eigenvalue weighted by molar-refractivity contribution is 6.05. The number of fused-ring (bicyclic) bond motifs is 1. The maximum Gasteiger partial charge on any atom is 0.255 e. The summed E-state index contributed by atoms with van der Waals surface area (Å²) in [6, 6.07) is 3.89. The molecule has 3 heterocycles. The van der Waals surface area contributed by atoms with Crippen molar-refractivity contribution in [1.29, 1.82) is 0 Å². The molecule has 3 amide bonds. The van der Waals surface area contributed by atoms with Crippen LogP contribution in [0.4, 0.5) is 0 Å². The summed E-state index contributed by atoms with van der Waals surface area (Å²) in [4.78, 5) is 39.7. The molecule has 3 aliphatic heterocycles. The molecule has 5 rings (SSSR count). The number of piperidine rings is 2. The maximum absolute atomic E-state index is 12.4. The van der Waals surface area contributed by atoms with Crippen molar-refractivity contribution in [2.45, 2.75) is 83.5 Å². The first kappa shape index (κ1) is 26.4. The van der Waals surface area contributed by atoms with Crippen LogP contribution in [0.2, 0.25) is 0 Å². The molecule has 1 aromatic rings. The van der Waals surface area contributed by atoms with Crippen molar-refractivity contribution >= 4 is 17.7 Å². The number of hydrogen-bond donors (Lipinski definition) is 3. The Balaban J connectivity index is 0.000000179. The normalized spacial score (nSPS) is 22.8. The summed E-state index contributed by atoms with van der Waals surface area (Å²) in [5, 5.41) is 15.5. The number of imide groups is 1. The SMILES string of the molecule is CC(C)N(CC1CCNCC1)C1CCC1.COc1c(O)ccc2c1CN(C1CCC(=O)NC1=O)C2=O. The number of carbonyl (C=O) groups is 3. The predicted molar refractivity (Wildman–Crippen MR) is 136 cm³/mol. The van der Waals surface area contributed by atoms with Gasteiger partial charge in [-0.15, -0.1) is 0 Å². The van der Waals surface area contributed by atoms with E-state index in [1.54, 1.807) is 0 Å². The molecule has 0 radical (unpaired) electrons. The fourth-order valence-electron chi connectivity index (χ4n) is 5.69. The van der Waals surface area contributed by atoms with Crippen LogP contribution in [0.1, 0.15) is 74.7 Å². The zero-order valence-corrected chi connectivity index (χ0v) is 21.7. The number of carbonyl (C=O) groups excluding carboxylic acids is 3. The highest BCUT2D eigenvalue weighted by Gasteiger charge is 2.40. The Kier molecular flexibility index (Phi) is 8.51. The van der Waals surface area contributed by atoms with Gasteiger partial charge in [-0.25, -0.2) is 0 Å². The van der Waals surface area contributed by atoms with Gasteiger partial charge in [0.15, 0.2) is 11.5 Å². The van der Waals surface area contributed by atoms with Crippen LogP contribution in [0.3, 0.4) is 0 Å². The Hall–Kier alpha value is -2.65. The second-order valence-corrected chi connectivity index (χ2v) is 10.6. The number of benzene rings is 1. The van der Waals surface area contributed by atoms with Gasteiger partial charge in [-0.05, 0) is 77.1 Å². The van der Waals surface area contributed by atoms with Gasteiger partial charge in [0.25, 0.3) is 5.91 Å². The minimum absolute atomic E-state index is 0.0471. The third kappa shape index (κ3) is 5.67. The van der Waals surface area contributed by atoms with Crippen LogP contribution >= 0.6 is 0 Å². The van der Waals surface area contributed by atoms with Gasteiger partial charge in [0.2, 0.25) is 11.8 Å². The van der Waals surface area contributed by atoms with Crippen LogP contribution < -0.4 is 15.4 Å². The molecule has 1 aromatic carbocycles. The van der Waals surface area contributed by atoms with Gasteiger partial charge in [-0.1, -0.05) is 6.42 Å². The molecule has 0 aromatic heterocycles. The fraction of sp³-hybridized carbons (Fsp3) is 0.667. The molecule has 1 unspecified atom stereocenters. The summed E-state index contributed by atoms with van der Waals surface area (Å²) < 4.78 is 5.13. The van der Waals surface area contributed by atoms with Crippen LogP contribution in [0.5, 0.6) is 11.5 Å². The summed E-state index contributed by atoms with van der Waals surface area (Å²) in [7, 11) is 1.41. The van der Waals surface area contributed by atoms with Crippen LogP contribution in [-0.2, 0) is 16.1 Å². The molecular formula is C27H40N4O5. The van der Waals surface area contributed by atoms with E-state index >= 15 is 0 Å². The quantitative estimate of drug-likeness (QED) is 0.515. The van der Waals surface area contributed by atoms with E-state index in [-0.39, 0.29) is 36.3 Å². The Labute approximate surface area is 213 Å². The first-order valence-corrected chi connectivity index (χ1v) is 13.3. The average Bonchev–Trinajstić information content (AvgIpc) is 3.14. The molecule has 9 nitrogen and oxygen atoms in total. The highest BCUT2D eigenvalue weighted by Crippen LogP contribution is 2.39. The van der Waals surface area contributed by atoms with Gasteiger partial charge in [-0.2, -0.15) is 0 Å². The van der Waals surface area contributed by atoms with Crippen molar-refractivity contribution in [3.63, 3.8) is 0 Å². The zero-order valence-electron chi connectivity index (χ0n) is 21.7. The number of nitrogens with zero attached hydrogens (tertiary/aromatic N) is 2. The minimum Gasteiger partial charge on any atom is -0.504 e. The van der Waals surface area contributed by atoms with E-state index in [1.807, 2.05) is 0 Å². The Morgan fingerprint density at radius 2 is 1.83 bits per heavy atom. The number of phenolic OH excluding ortho intramolecular Hbond substituents is 1. The lowest BCUT2D eigenvalue weighted by Crippen LogP contribution is -2.52. The molecule has 1 atom stereocenters. The van der Waals surface area contributed by atoms with Crippen LogP contribution in [0, 0.1) is 5.92 Å². The molecule has 0 bridgehead atoms. The van der Waals surface area contributed by atoms with E-state index in [0.717, 1.165) is 18.0 Å². The third-order valence-corrected chi connectivity index (χ3v) is 7.98. The van der Waals surface area contributed by atoms with Gasteiger partial charge in [0.05, 0.1) is 13.7 Å². The van der Waals surface area contributed by atoms with Crippen LogP contribution in [0.25, 0.3) is 0 Å². The molecule has 2 saturated heterocycles. The molecule has 1 aliphatic carbocycles. The van der Waals surface area contributed by atoms with Gasteiger partial charge in [0, 0.05) is 36.2 Å². The molecule has 9 heteroatoms. The zero-order chi connectivity index (χ0) is 25.8. The number of aromatic hydroxyl groups is 1. The van der Waals surface area contributed by atoms with Crippen molar-refractivity contribution in [3.05, 3.63) is 23.3 Å². The van der Waals surface area contributed by atoms with Crippen molar-refractivity contribution in [2.24, 2.45) is 5.92 Å². The second-order valence-electron chi connectivity index (χ2n) is 10.6. The summed E-state index contributed by atoms with van der Waals surface area (Å²) >= 11 is 0. The van der Waals surface area contributed by atoms with E-state index in [0.29, 0.717) is 17.5 Å². The topological polar surface area (TPSA) is 111 Å². The first-order valence-electron chi connectivity index (χ1n) is 13.3. The summed E-state index contributed by atoms with van der Waals surface area (Å²) in [6.45, 7) is 8.73. The van der Waals surface area contributed by atoms with E-state index in [1.165, 1.54) is 75.9 Å². The molecule has 198 valence electrons. The highest BCUT2D eigenvalue weighted by atomic mass is 16.5. The molecule has 36 heavy (non-hydrogen) atoms. The number of ether oxygens (including phenoxy) is 1. The molecule has 3 fully saturated rings. The van der Waals surface area contributed by atoms with E-state index in [2.05, 4.69) is 29.4 Å². The van der Waals surface area contributed by atoms with E-state index in [4.69, 9.17) is 4.74 Å². The van der Waals surface area contributed by atoms with E-state index in [9.17, 15) is 19.5 Å². The number of hydrogen-bond acceptors (Lipinski definition) is 7. The number of rotatable bonds is 6. The standard InChI is InChI=1S/C14H14N2O5.C13H26N2/c1-21-12-8-6-16(9-3-5-11(18)15-13(9)19)14(20)7(8)2-4-10(12)17;1-11(2)15(13-4-3-5-13)10-12-6-8-14-9-7-12/h2,4,9,17H,3,5-6H2,1H3,(H,15,18,19);11-14H,3-10H2,1-2H3. The third-order valence-electron chi connectivity index (χ3n) is 7.98. The molecule has 3 N–H and O–H groups in total. The average molecular weight is 501 g/mol. The summed E-state index contributed by atoms with van der Waals surface area (Å²) in [6.07, 6.45) is 7.63. The molecular weight excluding hydrogens is 460 g/mol. The van der Waals surface area contributed by atoms with Crippen molar-refractivity contribution in [1.82, 2.24) is 20.4 Å². The lowest BCUT2D eigenvalue weighted by atomic mass is 9.88. The monoisotopic (exact) mass is 500 g/mol. The predicted octanol–water partition coefficient (Wildman–Crippen LogP) is 2.41. The van der Waals surface area contributed by atoms with Gasteiger partial charge in [0.1, 0.15) is 6.04 Å². The van der Waals surface area contributed by atoms with Crippen LogP contribution in [-0.4, -0.2) is 77.5 Å². The van der Waals surface area contributed by atoms with Gasteiger partial charge >= 0.3 is 0 Å². The van der Waals surface area contributed by atoms with Gasteiger partial charge in [-0.3, -0.25) is 24.6 Å². The largest absolute Gasteiger partial charge is 0.504 e. The molecule has 4 aliphatic rings. The van der Waals surface area contributed by atoms with Crippen molar-refractivity contribution in [2.75, 3.05) is 26.7 Å². The number of methoxy groups -OCH3 is 1. The lowest BCUT2D eigenvalue weighted by Gasteiger charge is -2.42. The number of phenols is 1.